The lowest BCUT2D eigenvalue weighted by Gasteiger charge is -2.13. The summed E-state index contributed by atoms with van der Waals surface area (Å²) in [4.78, 5) is 0.0633. The van der Waals surface area contributed by atoms with Crippen LogP contribution < -0.4 is 0 Å². The monoisotopic (exact) mass is 657 g/mol. The molecule has 0 amide bonds. The van der Waals surface area contributed by atoms with E-state index in [1.54, 1.807) is 12.1 Å². The van der Waals surface area contributed by atoms with Crippen LogP contribution >= 0.6 is 0 Å². The van der Waals surface area contributed by atoms with Crippen molar-refractivity contribution in [3.05, 3.63) is 41.5 Å². The molecule has 0 aliphatic rings. The Kier molecular flexibility index (Phi) is 23.5. The number of unbranched alkanes of at least 4 members (excludes halogenated alkanes) is 26. The molecule has 0 aliphatic carbocycles. The molecule has 0 fully saturated rings. The van der Waals surface area contributed by atoms with Gasteiger partial charge in [0.25, 0.3) is 10.1 Å². The second-order valence-electron chi connectivity index (χ2n) is 14.3. The van der Waals surface area contributed by atoms with Crippen molar-refractivity contribution < 1.29 is 13.0 Å². The predicted molar refractivity (Wildman–Crippen MR) is 202 cm³/mol. The Morgan fingerprint density at radius 2 is 0.848 bits per heavy atom. The third-order valence-electron chi connectivity index (χ3n) is 9.98. The van der Waals surface area contributed by atoms with Crippen LogP contribution in [0, 0.1) is 0 Å². The normalized spacial score (nSPS) is 12.0. The first-order valence-corrected chi connectivity index (χ1v) is 21.4. The van der Waals surface area contributed by atoms with E-state index in [-0.39, 0.29) is 4.90 Å². The molecule has 0 radical (unpaired) electrons. The maximum absolute atomic E-state index is 12.3. The minimum atomic E-state index is -4.27. The lowest BCUT2D eigenvalue weighted by Crippen LogP contribution is -2.02. The summed E-state index contributed by atoms with van der Waals surface area (Å²) in [6, 6.07) is 9.72. The molecule has 0 heterocycles. The van der Waals surface area contributed by atoms with Crippen molar-refractivity contribution in [3.8, 4) is 0 Å². The van der Waals surface area contributed by atoms with E-state index in [0.717, 1.165) is 35.6 Å². The molecule has 0 unspecified atom stereocenters. The number of hydrogen-bond donors (Lipinski definition) is 1. The van der Waals surface area contributed by atoms with Gasteiger partial charge in [-0.25, -0.2) is 0 Å². The Morgan fingerprint density at radius 3 is 1.24 bits per heavy atom. The molecule has 0 aromatic heterocycles. The summed E-state index contributed by atoms with van der Waals surface area (Å²) in [6.07, 6.45) is 39.6. The van der Waals surface area contributed by atoms with Crippen molar-refractivity contribution in [2.24, 2.45) is 0 Å². The third-order valence-corrected chi connectivity index (χ3v) is 10.9. The molecule has 1 N–H and O–H groups in total. The maximum Gasteiger partial charge on any atom is 0.295 e. The fourth-order valence-corrected chi connectivity index (χ4v) is 7.90. The quantitative estimate of drug-likeness (QED) is 0.0649. The highest BCUT2D eigenvalue weighted by Gasteiger charge is 2.17. The zero-order valence-electron chi connectivity index (χ0n) is 30.3. The largest absolute Gasteiger partial charge is 0.295 e. The van der Waals surface area contributed by atoms with Crippen molar-refractivity contribution in [1.29, 1.82) is 0 Å². The predicted octanol–water partition coefficient (Wildman–Crippen LogP) is 14.1. The van der Waals surface area contributed by atoms with Crippen molar-refractivity contribution in [1.82, 2.24) is 0 Å². The summed E-state index contributed by atoms with van der Waals surface area (Å²) in [6.45, 7) is 4.56. The van der Waals surface area contributed by atoms with Crippen LogP contribution in [0.2, 0.25) is 0 Å². The fourth-order valence-electron chi connectivity index (χ4n) is 7.14. The van der Waals surface area contributed by atoms with Crippen molar-refractivity contribution >= 4 is 20.9 Å². The van der Waals surface area contributed by atoms with Gasteiger partial charge in [0.2, 0.25) is 0 Å². The van der Waals surface area contributed by atoms with Crippen LogP contribution in [0.5, 0.6) is 0 Å². The summed E-state index contributed by atoms with van der Waals surface area (Å²) in [7, 11) is -4.27. The number of benzene rings is 2. The van der Waals surface area contributed by atoms with Crippen molar-refractivity contribution in [2.45, 2.75) is 211 Å². The van der Waals surface area contributed by atoms with Crippen LogP contribution in [0.3, 0.4) is 0 Å². The highest BCUT2D eigenvalue weighted by atomic mass is 32.2. The Balaban J connectivity index is 1.71. The summed E-state index contributed by atoms with van der Waals surface area (Å²) in [5.41, 5.74) is 2.39. The number of rotatable bonds is 31. The van der Waals surface area contributed by atoms with Crippen molar-refractivity contribution in [2.75, 3.05) is 0 Å². The van der Waals surface area contributed by atoms with Crippen molar-refractivity contribution in [3.63, 3.8) is 0 Å². The maximum atomic E-state index is 12.3. The molecule has 2 aromatic rings. The zero-order chi connectivity index (χ0) is 33.1. The first kappa shape index (κ1) is 40.8. The van der Waals surface area contributed by atoms with Crippen LogP contribution in [0.1, 0.15) is 205 Å². The lowest BCUT2D eigenvalue weighted by molar-refractivity contribution is 0.484. The molecule has 3 nitrogen and oxygen atoms in total. The van der Waals surface area contributed by atoms with Crippen LogP contribution in [-0.2, 0) is 23.0 Å². The van der Waals surface area contributed by atoms with Gasteiger partial charge in [0.15, 0.2) is 0 Å². The van der Waals surface area contributed by atoms with E-state index >= 15 is 0 Å². The summed E-state index contributed by atoms with van der Waals surface area (Å²) in [5, 5.41) is 1.67. The molecule has 0 saturated carbocycles. The minimum absolute atomic E-state index is 0.0633. The standard InChI is InChI=1S/C42H72O3S/c1-3-5-7-9-11-13-15-17-19-21-23-25-27-29-32-38-36-39(42-40(37-38)34-31-35-41(42)46(43,44)45)33-30-28-26-24-22-20-18-16-14-12-10-8-6-4-2/h31,34-37H,3-30,32-33H2,1-2H3,(H,43,44,45). The first-order chi connectivity index (χ1) is 22.5. The van der Waals surface area contributed by atoms with Crippen LogP contribution in [0.25, 0.3) is 10.8 Å². The van der Waals surface area contributed by atoms with Gasteiger partial charge in [-0.1, -0.05) is 205 Å². The molecule has 46 heavy (non-hydrogen) atoms. The molecule has 0 saturated heterocycles. The molecule has 0 bridgehead atoms. The second-order valence-corrected chi connectivity index (χ2v) is 15.7. The average Bonchev–Trinajstić information content (AvgIpc) is 3.04. The van der Waals surface area contributed by atoms with Gasteiger partial charge in [-0.3, -0.25) is 4.55 Å². The van der Waals surface area contributed by atoms with Crippen LogP contribution in [-0.4, -0.2) is 13.0 Å². The SMILES string of the molecule is CCCCCCCCCCCCCCCCc1cc(CCCCCCCCCCCCCCCC)c2c(S(=O)(=O)O)cccc2c1. The smallest absolute Gasteiger partial charge is 0.282 e. The molecular formula is C42H72O3S. The summed E-state index contributed by atoms with van der Waals surface area (Å²) < 4.78 is 34.5. The van der Waals surface area contributed by atoms with E-state index in [1.165, 1.54) is 179 Å². The fraction of sp³-hybridized carbons (Fsp3) is 0.762. The molecule has 0 spiro atoms. The number of fused-ring (bicyclic) bond motifs is 1. The topological polar surface area (TPSA) is 54.4 Å². The number of hydrogen-bond acceptors (Lipinski definition) is 2. The zero-order valence-corrected chi connectivity index (χ0v) is 31.1. The van der Waals surface area contributed by atoms with Gasteiger partial charge in [0.05, 0.1) is 0 Å². The molecule has 0 aliphatic heterocycles. The summed E-state index contributed by atoms with van der Waals surface area (Å²) in [5.74, 6) is 0. The average molecular weight is 657 g/mol. The van der Waals surface area contributed by atoms with E-state index in [4.69, 9.17) is 0 Å². The van der Waals surface area contributed by atoms with Gasteiger partial charge in [-0.05, 0) is 48.3 Å². The molecule has 0 atom stereocenters. The Morgan fingerprint density at radius 1 is 0.478 bits per heavy atom. The van der Waals surface area contributed by atoms with E-state index in [9.17, 15) is 13.0 Å². The van der Waals surface area contributed by atoms with Gasteiger partial charge in [0, 0.05) is 5.39 Å². The van der Waals surface area contributed by atoms with Gasteiger partial charge >= 0.3 is 0 Å². The van der Waals surface area contributed by atoms with Gasteiger partial charge in [-0.15, -0.1) is 0 Å². The first-order valence-electron chi connectivity index (χ1n) is 20.0. The molecular weight excluding hydrogens is 585 g/mol. The van der Waals surface area contributed by atoms with E-state index < -0.39 is 10.1 Å². The Bertz CT molecular complexity index is 1120. The van der Waals surface area contributed by atoms with Gasteiger partial charge in [-0.2, -0.15) is 8.42 Å². The van der Waals surface area contributed by atoms with Gasteiger partial charge in [0.1, 0.15) is 4.90 Å². The van der Waals surface area contributed by atoms with E-state index in [1.807, 2.05) is 6.07 Å². The molecule has 264 valence electrons. The molecule has 4 heteroatoms. The lowest BCUT2D eigenvalue weighted by atomic mass is 9.94. The highest BCUT2D eigenvalue weighted by molar-refractivity contribution is 7.86. The molecule has 2 rings (SSSR count). The van der Waals surface area contributed by atoms with E-state index in [2.05, 4.69) is 26.0 Å². The van der Waals surface area contributed by atoms with Crippen LogP contribution in [0.15, 0.2) is 35.2 Å². The minimum Gasteiger partial charge on any atom is -0.282 e. The second kappa shape index (κ2) is 26.6. The Hall–Kier alpha value is -1.39. The van der Waals surface area contributed by atoms with E-state index in [0.29, 0.717) is 0 Å². The van der Waals surface area contributed by atoms with Gasteiger partial charge < -0.3 is 0 Å². The Labute approximate surface area is 285 Å². The third kappa shape index (κ3) is 18.8. The highest BCUT2D eigenvalue weighted by Crippen LogP contribution is 2.30. The summed E-state index contributed by atoms with van der Waals surface area (Å²) >= 11 is 0. The molecule has 2 aromatic carbocycles. The van der Waals surface area contributed by atoms with Crippen LogP contribution in [0.4, 0.5) is 0 Å². The number of aryl methyl sites for hydroxylation is 2.